The number of nitrogens with zero attached hydrogens (tertiary/aromatic N) is 5. The highest BCUT2D eigenvalue weighted by Crippen LogP contribution is 2.18. The summed E-state index contributed by atoms with van der Waals surface area (Å²) in [5.74, 6) is 1.33. The van der Waals surface area contributed by atoms with Gasteiger partial charge in [0, 0.05) is 45.0 Å². The average Bonchev–Trinajstić information content (AvgIpc) is 2.91. The molecule has 3 rings (SSSR count). The number of rotatable bonds is 7. The number of hydrogen-bond donors (Lipinski definition) is 2. The second-order valence-corrected chi connectivity index (χ2v) is 8.44. The van der Waals surface area contributed by atoms with E-state index >= 15 is 0 Å². The third-order valence-electron chi connectivity index (χ3n) is 4.59. The Labute approximate surface area is 165 Å². The van der Waals surface area contributed by atoms with Crippen molar-refractivity contribution in [2.24, 2.45) is 7.05 Å². The summed E-state index contributed by atoms with van der Waals surface area (Å²) in [4.78, 5) is 11.3. The first kappa shape index (κ1) is 20.5. The Balaban J connectivity index is 1.60. The minimum atomic E-state index is -3.62. The maximum Gasteiger partial charge on any atom is 0.244 e. The zero-order chi connectivity index (χ0) is 20.3. The molecular formula is C17H27N7O3S. The van der Waals surface area contributed by atoms with Crippen molar-refractivity contribution in [2.75, 3.05) is 49.6 Å². The number of ether oxygens (including phenoxy) is 1. The standard InChI is InChI=1S/C17H27N7O3S/c1-12-11-15(24-7-9-27-10-8-24)21-17(20-12)18-5-6-19-28(25,26)16-13(2)22-23(4)14(16)3/h11,19H,5-10H2,1-4H3,(H,18,20,21). The van der Waals surface area contributed by atoms with Crippen LogP contribution >= 0.6 is 0 Å². The Morgan fingerprint density at radius 2 is 1.86 bits per heavy atom. The minimum Gasteiger partial charge on any atom is -0.378 e. The SMILES string of the molecule is Cc1cc(N2CCOCC2)nc(NCCNS(=O)(=O)c2c(C)nn(C)c2C)n1. The third-order valence-corrected chi connectivity index (χ3v) is 6.30. The van der Waals surface area contributed by atoms with Crippen LogP contribution in [0.1, 0.15) is 17.1 Å². The van der Waals surface area contributed by atoms with E-state index in [2.05, 4.69) is 30.0 Å². The maximum absolute atomic E-state index is 12.6. The monoisotopic (exact) mass is 409 g/mol. The molecule has 1 saturated heterocycles. The zero-order valence-electron chi connectivity index (χ0n) is 16.7. The van der Waals surface area contributed by atoms with Gasteiger partial charge in [-0.25, -0.2) is 18.1 Å². The normalized spacial score (nSPS) is 15.1. The maximum atomic E-state index is 12.6. The van der Waals surface area contributed by atoms with E-state index in [1.54, 1.807) is 25.6 Å². The fourth-order valence-corrected chi connectivity index (χ4v) is 4.63. The summed E-state index contributed by atoms with van der Waals surface area (Å²) >= 11 is 0. The van der Waals surface area contributed by atoms with Crippen molar-refractivity contribution >= 4 is 21.8 Å². The molecule has 0 spiro atoms. The van der Waals surface area contributed by atoms with Crippen molar-refractivity contribution in [1.82, 2.24) is 24.5 Å². The molecule has 0 aromatic carbocycles. The summed E-state index contributed by atoms with van der Waals surface area (Å²) in [6.45, 7) is 8.85. The van der Waals surface area contributed by atoms with Gasteiger partial charge in [0.25, 0.3) is 0 Å². The molecule has 0 radical (unpaired) electrons. The molecule has 0 aliphatic carbocycles. The highest BCUT2D eigenvalue weighted by atomic mass is 32.2. The Morgan fingerprint density at radius 1 is 1.14 bits per heavy atom. The van der Waals surface area contributed by atoms with Gasteiger partial charge in [-0.15, -0.1) is 0 Å². The van der Waals surface area contributed by atoms with E-state index in [0.29, 0.717) is 37.1 Å². The number of aromatic nitrogens is 4. The molecule has 0 bridgehead atoms. The van der Waals surface area contributed by atoms with Crippen molar-refractivity contribution < 1.29 is 13.2 Å². The van der Waals surface area contributed by atoms with Crippen molar-refractivity contribution in [2.45, 2.75) is 25.7 Å². The summed E-state index contributed by atoms with van der Waals surface area (Å²) in [7, 11) is -1.90. The molecule has 1 fully saturated rings. The van der Waals surface area contributed by atoms with Crippen molar-refractivity contribution in [3.8, 4) is 0 Å². The largest absolute Gasteiger partial charge is 0.378 e. The van der Waals surface area contributed by atoms with E-state index in [0.717, 1.165) is 24.6 Å². The molecule has 3 heterocycles. The molecule has 2 N–H and O–H groups in total. The quantitative estimate of drug-likeness (QED) is 0.630. The molecule has 154 valence electrons. The van der Waals surface area contributed by atoms with Crippen LogP contribution in [0.3, 0.4) is 0 Å². The minimum absolute atomic E-state index is 0.209. The van der Waals surface area contributed by atoms with Crippen LogP contribution in [0.15, 0.2) is 11.0 Å². The molecule has 2 aromatic heterocycles. The molecule has 28 heavy (non-hydrogen) atoms. The van der Waals surface area contributed by atoms with E-state index in [4.69, 9.17) is 4.74 Å². The van der Waals surface area contributed by atoms with Gasteiger partial charge in [-0.3, -0.25) is 4.68 Å². The van der Waals surface area contributed by atoms with Crippen LogP contribution < -0.4 is 14.9 Å². The highest BCUT2D eigenvalue weighted by molar-refractivity contribution is 7.89. The fraction of sp³-hybridized carbons (Fsp3) is 0.588. The molecule has 0 atom stereocenters. The second kappa shape index (κ2) is 8.41. The van der Waals surface area contributed by atoms with Gasteiger partial charge in [0.2, 0.25) is 16.0 Å². The third kappa shape index (κ3) is 4.59. The molecule has 0 unspecified atom stereocenters. The predicted octanol–water partition coefficient (Wildman–Crippen LogP) is 0.362. The van der Waals surface area contributed by atoms with Crippen molar-refractivity contribution in [3.05, 3.63) is 23.1 Å². The summed E-state index contributed by atoms with van der Waals surface area (Å²) in [6.07, 6.45) is 0. The lowest BCUT2D eigenvalue weighted by atomic mass is 10.3. The molecule has 0 saturated carbocycles. The van der Waals surface area contributed by atoms with Gasteiger partial charge in [-0.2, -0.15) is 10.1 Å². The summed E-state index contributed by atoms with van der Waals surface area (Å²) in [5, 5.41) is 7.26. The molecule has 0 amide bonds. The van der Waals surface area contributed by atoms with Crippen molar-refractivity contribution in [3.63, 3.8) is 0 Å². The number of morpholine rings is 1. The second-order valence-electron chi connectivity index (χ2n) is 6.74. The van der Waals surface area contributed by atoms with Gasteiger partial charge >= 0.3 is 0 Å². The molecule has 1 aliphatic rings. The van der Waals surface area contributed by atoms with Gasteiger partial charge in [0.15, 0.2) is 0 Å². The van der Waals surface area contributed by atoms with Gasteiger partial charge in [0.1, 0.15) is 10.7 Å². The van der Waals surface area contributed by atoms with Crippen molar-refractivity contribution in [1.29, 1.82) is 0 Å². The fourth-order valence-electron chi connectivity index (χ4n) is 3.16. The Morgan fingerprint density at radius 3 is 2.50 bits per heavy atom. The lowest BCUT2D eigenvalue weighted by Crippen LogP contribution is -2.37. The van der Waals surface area contributed by atoms with Crippen LogP contribution in [0.4, 0.5) is 11.8 Å². The van der Waals surface area contributed by atoms with E-state index in [1.165, 1.54) is 0 Å². The number of hydrogen-bond acceptors (Lipinski definition) is 8. The van der Waals surface area contributed by atoms with Gasteiger partial charge < -0.3 is 15.0 Å². The molecular weight excluding hydrogens is 382 g/mol. The summed E-state index contributed by atoms with van der Waals surface area (Å²) in [5.41, 5.74) is 1.94. The number of anilines is 2. The topological polar surface area (TPSA) is 114 Å². The summed E-state index contributed by atoms with van der Waals surface area (Å²) in [6, 6.07) is 1.94. The lowest BCUT2D eigenvalue weighted by molar-refractivity contribution is 0.122. The van der Waals surface area contributed by atoms with E-state index in [-0.39, 0.29) is 11.4 Å². The van der Waals surface area contributed by atoms with Gasteiger partial charge in [-0.05, 0) is 20.8 Å². The first-order chi connectivity index (χ1) is 13.3. The van der Waals surface area contributed by atoms with Crippen LogP contribution in [0.2, 0.25) is 0 Å². The lowest BCUT2D eigenvalue weighted by Gasteiger charge is -2.28. The number of nitrogens with one attached hydrogen (secondary N) is 2. The van der Waals surface area contributed by atoms with Crippen LogP contribution in [0.25, 0.3) is 0 Å². The summed E-state index contributed by atoms with van der Waals surface area (Å²) < 4.78 is 34.7. The predicted molar refractivity (Wildman–Crippen MR) is 106 cm³/mol. The Hall–Kier alpha value is -2.24. The van der Waals surface area contributed by atoms with Gasteiger partial charge in [0.05, 0.1) is 24.6 Å². The zero-order valence-corrected chi connectivity index (χ0v) is 17.5. The Bertz CT molecular complexity index is 936. The first-order valence-electron chi connectivity index (χ1n) is 9.20. The van der Waals surface area contributed by atoms with Crippen LogP contribution in [0, 0.1) is 20.8 Å². The Kier molecular flexibility index (Phi) is 6.16. The van der Waals surface area contributed by atoms with Crippen LogP contribution in [-0.2, 0) is 21.8 Å². The molecule has 10 nitrogen and oxygen atoms in total. The van der Waals surface area contributed by atoms with Crippen LogP contribution in [0.5, 0.6) is 0 Å². The molecule has 11 heteroatoms. The van der Waals surface area contributed by atoms with E-state index in [9.17, 15) is 8.42 Å². The highest BCUT2D eigenvalue weighted by Gasteiger charge is 2.23. The average molecular weight is 410 g/mol. The number of aryl methyl sites for hydroxylation is 3. The van der Waals surface area contributed by atoms with Gasteiger partial charge in [-0.1, -0.05) is 0 Å². The molecule has 2 aromatic rings. The van der Waals surface area contributed by atoms with E-state index in [1.807, 2.05) is 13.0 Å². The molecule has 1 aliphatic heterocycles. The first-order valence-corrected chi connectivity index (χ1v) is 10.7. The van der Waals surface area contributed by atoms with E-state index < -0.39 is 10.0 Å². The smallest absolute Gasteiger partial charge is 0.244 e. The van der Waals surface area contributed by atoms with Crippen LogP contribution in [-0.4, -0.2) is 67.6 Å². The number of sulfonamides is 1.